The minimum atomic E-state index is -1.31. The molecule has 9 nitrogen and oxygen atoms in total. The highest BCUT2D eigenvalue weighted by molar-refractivity contribution is 5.90. The van der Waals surface area contributed by atoms with Gasteiger partial charge in [0.05, 0.1) is 0 Å². The third-order valence-corrected chi connectivity index (χ3v) is 3.54. The smallest absolute Gasteiger partial charge is 0.268 e. The van der Waals surface area contributed by atoms with Gasteiger partial charge in [0, 0.05) is 12.8 Å². The molecule has 1 unspecified atom stereocenters. The molecule has 1 aromatic heterocycles. The van der Waals surface area contributed by atoms with Gasteiger partial charge in [0.1, 0.15) is 42.2 Å². The number of ether oxygens (including phenoxy) is 2. The van der Waals surface area contributed by atoms with Gasteiger partial charge in [0.25, 0.3) is 5.91 Å². The molecule has 0 bridgehead atoms. The van der Waals surface area contributed by atoms with Crippen LogP contribution in [0.1, 0.15) is 42.2 Å². The summed E-state index contributed by atoms with van der Waals surface area (Å²) in [5.74, 6) is -0.463. The predicted molar refractivity (Wildman–Crippen MR) is 75.6 cm³/mol. The predicted octanol–water partition coefficient (Wildman–Crippen LogP) is -1.23. The number of aromatic amines is 1. The Morgan fingerprint density at radius 2 is 2.36 bits per heavy atom. The second-order valence-electron chi connectivity index (χ2n) is 5.23. The fourth-order valence-corrected chi connectivity index (χ4v) is 2.36. The van der Waals surface area contributed by atoms with Crippen molar-refractivity contribution in [1.82, 2.24) is 9.97 Å². The van der Waals surface area contributed by atoms with Crippen molar-refractivity contribution in [3.8, 4) is 0 Å². The summed E-state index contributed by atoms with van der Waals surface area (Å²) in [4.78, 5) is 17.8. The zero-order valence-electron chi connectivity index (χ0n) is 12.3. The third-order valence-electron chi connectivity index (χ3n) is 3.54. The standard InChI is InChI=1S/C13H22N4O5/c1-2-3-4-21-8-7(18)9(22-10(8)12(15)20)13-16-5-6(17-13)11(14)19/h5,7-10,12,18,20H,2-4,15H2,1H3,(H2,14,19)(H,16,17)/t7-,8+,9-,10+,12?/m1/s1. The second-order valence-corrected chi connectivity index (χ2v) is 5.23. The van der Waals surface area contributed by atoms with Gasteiger partial charge in [-0.15, -0.1) is 0 Å². The number of H-pyrrole nitrogens is 1. The highest BCUT2D eigenvalue weighted by Crippen LogP contribution is 2.34. The molecule has 0 spiro atoms. The first-order valence-corrected chi connectivity index (χ1v) is 7.19. The molecule has 22 heavy (non-hydrogen) atoms. The number of aromatic nitrogens is 2. The molecule has 1 fully saturated rings. The van der Waals surface area contributed by atoms with Crippen molar-refractivity contribution in [1.29, 1.82) is 0 Å². The highest BCUT2D eigenvalue weighted by atomic mass is 16.6. The number of aliphatic hydroxyl groups excluding tert-OH is 2. The van der Waals surface area contributed by atoms with Gasteiger partial charge in [0.15, 0.2) is 0 Å². The van der Waals surface area contributed by atoms with Crippen LogP contribution in [0.4, 0.5) is 0 Å². The maximum absolute atomic E-state index is 11.1. The van der Waals surface area contributed by atoms with Crippen molar-refractivity contribution < 1.29 is 24.5 Å². The van der Waals surface area contributed by atoms with E-state index < -0.39 is 36.6 Å². The van der Waals surface area contributed by atoms with Gasteiger partial charge in [0.2, 0.25) is 0 Å². The van der Waals surface area contributed by atoms with Crippen LogP contribution in [0.2, 0.25) is 0 Å². The minimum Gasteiger partial charge on any atom is -0.387 e. The fourth-order valence-electron chi connectivity index (χ4n) is 2.36. The molecule has 1 saturated heterocycles. The van der Waals surface area contributed by atoms with Crippen LogP contribution < -0.4 is 11.5 Å². The van der Waals surface area contributed by atoms with Gasteiger partial charge in [-0.05, 0) is 6.42 Å². The highest BCUT2D eigenvalue weighted by Gasteiger charge is 2.48. The van der Waals surface area contributed by atoms with E-state index >= 15 is 0 Å². The number of rotatable bonds is 7. The van der Waals surface area contributed by atoms with E-state index in [9.17, 15) is 15.0 Å². The van der Waals surface area contributed by atoms with Crippen LogP contribution in [0.5, 0.6) is 0 Å². The number of aliphatic hydroxyl groups is 2. The summed E-state index contributed by atoms with van der Waals surface area (Å²) in [6.45, 7) is 2.43. The number of imidazole rings is 1. The number of carbonyl (C=O) groups excluding carboxylic acids is 1. The van der Waals surface area contributed by atoms with Crippen LogP contribution in [-0.4, -0.2) is 57.2 Å². The Kier molecular flexibility index (Phi) is 5.48. The summed E-state index contributed by atoms with van der Waals surface area (Å²) in [5, 5.41) is 20.0. The topological polar surface area (TPSA) is 157 Å². The maximum atomic E-state index is 11.1. The number of nitrogens with one attached hydrogen (secondary N) is 1. The number of carbonyl (C=O) groups is 1. The summed E-state index contributed by atoms with van der Waals surface area (Å²) in [7, 11) is 0. The van der Waals surface area contributed by atoms with Crippen LogP contribution in [0, 0.1) is 0 Å². The lowest BCUT2D eigenvalue weighted by molar-refractivity contribution is -0.0858. The Hall–Kier alpha value is -1.52. The number of unbranched alkanes of at least 4 members (excludes halogenated alkanes) is 1. The average Bonchev–Trinajstić information content (AvgIpc) is 3.05. The molecule has 0 aliphatic carbocycles. The van der Waals surface area contributed by atoms with Crippen molar-refractivity contribution in [3.63, 3.8) is 0 Å². The monoisotopic (exact) mass is 314 g/mol. The summed E-state index contributed by atoms with van der Waals surface area (Å²) in [6.07, 6.45) is -1.87. The summed E-state index contributed by atoms with van der Waals surface area (Å²) in [6, 6.07) is 0. The summed E-state index contributed by atoms with van der Waals surface area (Å²) in [5.41, 5.74) is 10.7. The molecule has 1 aliphatic heterocycles. The zero-order valence-corrected chi connectivity index (χ0v) is 12.3. The minimum absolute atomic E-state index is 0.0333. The van der Waals surface area contributed by atoms with Crippen molar-refractivity contribution >= 4 is 5.91 Å². The van der Waals surface area contributed by atoms with Gasteiger partial charge < -0.3 is 36.1 Å². The molecule has 1 amide bonds. The molecular formula is C13H22N4O5. The second kappa shape index (κ2) is 7.16. The molecule has 2 heterocycles. The molecule has 1 aliphatic rings. The first kappa shape index (κ1) is 16.8. The number of hydrogen-bond donors (Lipinski definition) is 5. The van der Waals surface area contributed by atoms with Gasteiger partial charge in [-0.25, -0.2) is 4.98 Å². The van der Waals surface area contributed by atoms with E-state index in [2.05, 4.69) is 9.97 Å². The molecule has 0 radical (unpaired) electrons. The lowest BCUT2D eigenvalue weighted by Crippen LogP contribution is -2.45. The van der Waals surface area contributed by atoms with E-state index in [1.54, 1.807) is 0 Å². The number of nitrogens with two attached hydrogens (primary N) is 2. The van der Waals surface area contributed by atoms with Crippen molar-refractivity contribution in [2.24, 2.45) is 11.5 Å². The molecule has 0 aromatic carbocycles. The van der Waals surface area contributed by atoms with Crippen LogP contribution in [0.15, 0.2) is 6.20 Å². The van der Waals surface area contributed by atoms with Crippen molar-refractivity contribution in [2.45, 2.75) is 50.4 Å². The lowest BCUT2D eigenvalue weighted by Gasteiger charge is -2.22. The first-order valence-electron chi connectivity index (χ1n) is 7.19. The number of primary amides is 1. The molecule has 9 heteroatoms. The summed E-state index contributed by atoms with van der Waals surface area (Å²) >= 11 is 0. The van der Waals surface area contributed by atoms with E-state index in [1.165, 1.54) is 6.20 Å². The Bertz CT molecular complexity index is 506. The first-order chi connectivity index (χ1) is 10.5. The molecule has 124 valence electrons. The average molecular weight is 314 g/mol. The van der Waals surface area contributed by atoms with Gasteiger partial charge in [-0.3, -0.25) is 4.79 Å². The molecule has 2 rings (SSSR count). The normalized spacial score (nSPS) is 29.6. The lowest BCUT2D eigenvalue weighted by atomic mass is 10.1. The number of nitrogens with zero attached hydrogens (tertiary/aromatic N) is 1. The van der Waals surface area contributed by atoms with E-state index in [1.807, 2.05) is 6.92 Å². The molecular weight excluding hydrogens is 292 g/mol. The third kappa shape index (κ3) is 3.45. The molecule has 0 saturated carbocycles. The van der Waals surface area contributed by atoms with E-state index in [-0.39, 0.29) is 11.5 Å². The van der Waals surface area contributed by atoms with Crippen molar-refractivity contribution in [2.75, 3.05) is 6.61 Å². The Balaban J connectivity index is 2.13. The Morgan fingerprint density at radius 3 is 2.91 bits per heavy atom. The largest absolute Gasteiger partial charge is 0.387 e. The maximum Gasteiger partial charge on any atom is 0.268 e. The molecule has 1 aromatic rings. The van der Waals surface area contributed by atoms with Gasteiger partial charge in [-0.2, -0.15) is 0 Å². The quantitative estimate of drug-likeness (QED) is 0.311. The van der Waals surface area contributed by atoms with Crippen LogP contribution >= 0.6 is 0 Å². The van der Waals surface area contributed by atoms with Crippen LogP contribution in [-0.2, 0) is 9.47 Å². The molecule has 7 N–H and O–H groups in total. The van der Waals surface area contributed by atoms with E-state index in [4.69, 9.17) is 20.9 Å². The van der Waals surface area contributed by atoms with E-state index in [0.29, 0.717) is 6.61 Å². The van der Waals surface area contributed by atoms with Crippen LogP contribution in [0.25, 0.3) is 0 Å². The Labute approximate surface area is 127 Å². The van der Waals surface area contributed by atoms with Crippen LogP contribution in [0.3, 0.4) is 0 Å². The number of amides is 1. The summed E-state index contributed by atoms with van der Waals surface area (Å²) < 4.78 is 11.1. The SMILES string of the molecule is CCCCO[C@H]1[C@@H](O)[C@H](c2nc(C(N)=O)c[nH]2)O[C@@H]1C(N)O. The molecule has 5 atom stereocenters. The van der Waals surface area contributed by atoms with E-state index in [0.717, 1.165) is 12.8 Å². The Morgan fingerprint density at radius 1 is 1.64 bits per heavy atom. The fraction of sp³-hybridized carbons (Fsp3) is 0.692. The van der Waals surface area contributed by atoms with Crippen molar-refractivity contribution in [3.05, 3.63) is 17.7 Å². The van der Waals surface area contributed by atoms with Gasteiger partial charge >= 0.3 is 0 Å². The number of hydrogen-bond acceptors (Lipinski definition) is 7. The zero-order chi connectivity index (χ0) is 16.3. The van der Waals surface area contributed by atoms with Gasteiger partial charge in [-0.1, -0.05) is 13.3 Å².